The lowest BCUT2D eigenvalue weighted by atomic mass is 10.2. The molecule has 3 nitrogen and oxygen atoms in total. The van der Waals surface area contributed by atoms with Gasteiger partial charge in [0.05, 0.1) is 6.61 Å². The quantitative estimate of drug-likeness (QED) is 0.510. The van der Waals surface area contributed by atoms with Crippen LogP contribution < -0.4 is 11.2 Å². The first-order valence-corrected chi connectivity index (χ1v) is 5.02. The normalized spacial score (nSPS) is 10.4. The van der Waals surface area contributed by atoms with Crippen LogP contribution in [0, 0.1) is 0 Å². The lowest BCUT2D eigenvalue weighted by molar-refractivity contribution is 0.0274. The maximum atomic E-state index is 5.37. The van der Waals surface area contributed by atoms with E-state index in [2.05, 4.69) is 5.48 Å². The number of nitrogens with one attached hydrogen (secondary N) is 1. The second kappa shape index (κ2) is 7.50. The van der Waals surface area contributed by atoms with Gasteiger partial charge < -0.3 is 5.73 Å². The summed E-state index contributed by atoms with van der Waals surface area (Å²) in [6.45, 7) is 2.23. The van der Waals surface area contributed by atoms with E-state index < -0.39 is 0 Å². The van der Waals surface area contributed by atoms with Gasteiger partial charge in [0.1, 0.15) is 0 Å². The molecule has 3 N–H and O–H groups in total. The second-order valence-corrected chi connectivity index (χ2v) is 3.16. The SMILES string of the molecule is NCCCCNOCc1ccccc1. The molecule has 0 atom stereocenters. The van der Waals surface area contributed by atoms with Crippen molar-refractivity contribution in [1.29, 1.82) is 0 Å². The fraction of sp³-hybridized carbons (Fsp3) is 0.455. The Morgan fingerprint density at radius 3 is 2.64 bits per heavy atom. The summed E-state index contributed by atoms with van der Waals surface area (Å²) in [6, 6.07) is 10.1. The summed E-state index contributed by atoms with van der Waals surface area (Å²) in [5, 5.41) is 0. The number of rotatable bonds is 7. The Hall–Kier alpha value is -0.900. The zero-order valence-electron chi connectivity index (χ0n) is 8.41. The Labute approximate surface area is 85.2 Å². The minimum atomic E-state index is 0.615. The number of hydrogen-bond acceptors (Lipinski definition) is 3. The summed E-state index contributed by atoms with van der Waals surface area (Å²) in [5.41, 5.74) is 9.46. The third kappa shape index (κ3) is 4.97. The molecule has 78 valence electrons. The van der Waals surface area contributed by atoms with Gasteiger partial charge in [-0.15, -0.1) is 0 Å². The zero-order valence-corrected chi connectivity index (χ0v) is 8.41. The third-order valence-corrected chi connectivity index (χ3v) is 1.92. The van der Waals surface area contributed by atoms with Crippen LogP contribution in [-0.4, -0.2) is 13.1 Å². The van der Waals surface area contributed by atoms with Crippen LogP contribution in [0.5, 0.6) is 0 Å². The minimum absolute atomic E-state index is 0.615. The predicted molar refractivity (Wildman–Crippen MR) is 57.5 cm³/mol. The number of hydroxylamine groups is 1. The molecule has 0 saturated heterocycles. The Morgan fingerprint density at radius 2 is 1.93 bits per heavy atom. The lowest BCUT2D eigenvalue weighted by Crippen LogP contribution is -2.16. The summed E-state index contributed by atoms with van der Waals surface area (Å²) in [5.74, 6) is 0. The first-order valence-electron chi connectivity index (χ1n) is 5.02. The van der Waals surface area contributed by atoms with Crippen molar-refractivity contribution in [3.8, 4) is 0 Å². The molecular weight excluding hydrogens is 176 g/mol. The van der Waals surface area contributed by atoms with Gasteiger partial charge in [0, 0.05) is 6.54 Å². The largest absolute Gasteiger partial charge is 0.330 e. The van der Waals surface area contributed by atoms with E-state index in [1.165, 1.54) is 5.56 Å². The molecule has 3 heteroatoms. The van der Waals surface area contributed by atoms with Gasteiger partial charge in [-0.3, -0.25) is 4.84 Å². The van der Waals surface area contributed by atoms with E-state index >= 15 is 0 Å². The van der Waals surface area contributed by atoms with Crippen molar-refractivity contribution >= 4 is 0 Å². The van der Waals surface area contributed by atoms with Crippen LogP contribution >= 0.6 is 0 Å². The molecule has 1 rings (SSSR count). The molecule has 0 heterocycles. The van der Waals surface area contributed by atoms with Crippen LogP contribution in [0.1, 0.15) is 18.4 Å². The number of unbranched alkanes of at least 4 members (excludes halogenated alkanes) is 1. The molecule has 0 radical (unpaired) electrons. The van der Waals surface area contributed by atoms with Crippen molar-refractivity contribution in [3.05, 3.63) is 35.9 Å². The summed E-state index contributed by atoms with van der Waals surface area (Å²) >= 11 is 0. The van der Waals surface area contributed by atoms with Crippen LogP contribution in [0.15, 0.2) is 30.3 Å². The van der Waals surface area contributed by atoms with Gasteiger partial charge >= 0.3 is 0 Å². The predicted octanol–water partition coefficient (Wildman–Crippen LogP) is 1.45. The van der Waals surface area contributed by atoms with Gasteiger partial charge in [-0.05, 0) is 24.9 Å². The van der Waals surface area contributed by atoms with E-state index in [0.29, 0.717) is 6.61 Å². The number of hydrogen-bond donors (Lipinski definition) is 2. The summed E-state index contributed by atoms with van der Waals surface area (Å²) < 4.78 is 0. The van der Waals surface area contributed by atoms with Gasteiger partial charge in [0.25, 0.3) is 0 Å². The molecule has 0 unspecified atom stereocenters. The number of benzene rings is 1. The first-order chi connectivity index (χ1) is 6.93. The van der Waals surface area contributed by atoms with Crippen molar-refractivity contribution in [1.82, 2.24) is 5.48 Å². The van der Waals surface area contributed by atoms with Crippen LogP contribution in [-0.2, 0) is 11.4 Å². The standard InChI is InChI=1S/C11H18N2O/c12-8-4-5-9-13-14-10-11-6-2-1-3-7-11/h1-3,6-7,13H,4-5,8-10,12H2. The third-order valence-electron chi connectivity index (χ3n) is 1.92. The number of nitrogens with two attached hydrogens (primary N) is 1. The molecule has 0 aromatic heterocycles. The van der Waals surface area contributed by atoms with E-state index in [0.717, 1.165) is 25.9 Å². The highest BCUT2D eigenvalue weighted by Crippen LogP contribution is 1.98. The van der Waals surface area contributed by atoms with E-state index in [1.807, 2.05) is 30.3 Å². The Morgan fingerprint density at radius 1 is 1.14 bits per heavy atom. The molecule has 0 aliphatic heterocycles. The van der Waals surface area contributed by atoms with E-state index in [9.17, 15) is 0 Å². The van der Waals surface area contributed by atoms with Crippen molar-refractivity contribution in [3.63, 3.8) is 0 Å². The van der Waals surface area contributed by atoms with E-state index in [1.54, 1.807) is 0 Å². The second-order valence-electron chi connectivity index (χ2n) is 3.16. The van der Waals surface area contributed by atoms with Crippen LogP contribution in [0.25, 0.3) is 0 Å². The van der Waals surface area contributed by atoms with Crippen LogP contribution in [0.3, 0.4) is 0 Å². The minimum Gasteiger partial charge on any atom is -0.330 e. The van der Waals surface area contributed by atoms with Gasteiger partial charge in [-0.1, -0.05) is 30.3 Å². The Bertz CT molecular complexity index is 226. The first kappa shape index (κ1) is 11.2. The summed E-state index contributed by atoms with van der Waals surface area (Å²) in [7, 11) is 0. The Balaban J connectivity index is 1.99. The van der Waals surface area contributed by atoms with Crippen molar-refractivity contribution < 1.29 is 4.84 Å². The van der Waals surface area contributed by atoms with Gasteiger partial charge in [-0.25, -0.2) is 5.48 Å². The zero-order chi connectivity index (χ0) is 10.1. The molecular formula is C11H18N2O. The summed E-state index contributed by atoms with van der Waals surface area (Å²) in [4.78, 5) is 5.28. The maximum absolute atomic E-state index is 5.37. The van der Waals surface area contributed by atoms with E-state index in [4.69, 9.17) is 10.6 Å². The summed E-state index contributed by atoms with van der Waals surface area (Å²) in [6.07, 6.45) is 2.10. The van der Waals surface area contributed by atoms with Crippen molar-refractivity contribution in [2.45, 2.75) is 19.4 Å². The van der Waals surface area contributed by atoms with Gasteiger partial charge in [0.15, 0.2) is 0 Å². The molecule has 0 amide bonds. The molecule has 14 heavy (non-hydrogen) atoms. The molecule has 1 aromatic carbocycles. The average Bonchev–Trinajstić information content (AvgIpc) is 2.25. The highest BCUT2D eigenvalue weighted by Gasteiger charge is 1.90. The molecule has 0 fully saturated rings. The van der Waals surface area contributed by atoms with Gasteiger partial charge in [0.2, 0.25) is 0 Å². The molecule has 0 spiro atoms. The average molecular weight is 194 g/mol. The fourth-order valence-corrected chi connectivity index (χ4v) is 1.12. The highest BCUT2D eigenvalue weighted by molar-refractivity contribution is 5.13. The monoisotopic (exact) mass is 194 g/mol. The molecule has 0 saturated carbocycles. The fourth-order valence-electron chi connectivity index (χ4n) is 1.12. The molecule has 0 bridgehead atoms. The molecule has 1 aromatic rings. The van der Waals surface area contributed by atoms with Crippen molar-refractivity contribution in [2.75, 3.05) is 13.1 Å². The van der Waals surface area contributed by atoms with Crippen molar-refractivity contribution in [2.24, 2.45) is 5.73 Å². The smallest absolute Gasteiger partial charge is 0.0933 e. The molecule has 0 aliphatic carbocycles. The maximum Gasteiger partial charge on any atom is 0.0933 e. The lowest BCUT2D eigenvalue weighted by Gasteiger charge is -2.04. The molecule has 0 aliphatic rings. The van der Waals surface area contributed by atoms with E-state index in [-0.39, 0.29) is 0 Å². The van der Waals surface area contributed by atoms with Gasteiger partial charge in [-0.2, -0.15) is 0 Å². The Kier molecular flexibility index (Phi) is 5.99. The highest BCUT2D eigenvalue weighted by atomic mass is 16.6. The van der Waals surface area contributed by atoms with Crippen LogP contribution in [0.4, 0.5) is 0 Å². The van der Waals surface area contributed by atoms with Crippen LogP contribution in [0.2, 0.25) is 0 Å². The topological polar surface area (TPSA) is 47.3 Å².